The van der Waals surface area contributed by atoms with Gasteiger partial charge < -0.3 is 5.32 Å². The van der Waals surface area contributed by atoms with E-state index in [0.29, 0.717) is 6.54 Å². The molecule has 3 heteroatoms. The van der Waals surface area contributed by atoms with Crippen molar-refractivity contribution < 1.29 is 4.79 Å². The minimum absolute atomic E-state index is 0.0129. The molecule has 0 aromatic carbocycles. The molecule has 0 radical (unpaired) electrons. The van der Waals surface area contributed by atoms with Gasteiger partial charge in [0.1, 0.15) is 0 Å². The zero-order chi connectivity index (χ0) is 9.84. The molecule has 0 bridgehead atoms. The molecule has 2 nitrogen and oxygen atoms in total. The van der Waals surface area contributed by atoms with Crippen LogP contribution in [0.3, 0.4) is 0 Å². The summed E-state index contributed by atoms with van der Waals surface area (Å²) in [6.45, 7) is 8.13. The van der Waals surface area contributed by atoms with Crippen LogP contribution in [0, 0.1) is 6.92 Å². The van der Waals surface area contributed by atoms with Crippen LogP contribution in [0.2, 0.25) is 0 Å². The van der Waals surface area contributed by atoms with Gasteiger partial charge in [0, 0.05) is 6.54 Å². The van der Waals surface area contributed by atoms with Crippen molar-refractivity contribution in [2.75, 3.05) is 6.54 Å². The van der Waals surface area contributed by atoms with Crippen molar-refractivity contribution in [1.29, 1.82) is 0 Å². The van der Waals surface area contributed by atoms with E-state index in [4.69, 9.17) is 0 Å². The molecule has 0 aliphatic heterocycles. The summed E-state index contributed by atoms with van der Waals surface area (Å²) in [5.74, 6) is -0.0129. The first-order valence-electron chi connectivity index (χ1n) is 4.07. The molecule has 0 atom stereocenters. The second-order valence-electron chi connectivity index (χ2n) is 3.13. The Labute approximate surface area is 82.3 Å². The van der Waals surface area contributed by atoms with E-state index in [1.165, 1.54) is 11.3 Å². The number of aryl methyl sites for hydroxylation is 1. The summed E-state index contributed by atoms with van der Waals surface area (Å²) in [7, 11) is 0. The summed E-state index contributed by atoms with van der Waals surface area (Å²) in [5.41, 5.74) is 2.09. The molecule has 0 saturated carbocycles. The number of rotatable bonds is 3. The molecule has 1 N–H and O–H groups in total. The van der Waals surface area contributed by atoms with Gasteiger partial charge in [0.2, 0.25) is 0 Å². The van der Waals surface area contributed by atoms with Crippen molar-refractivity contribution in [3.05, 3.63) is 34.0 Å². The van der Waals surface area contributed by atoms with E-state index >= 15 is 0 Å². The maximum atomic E-state index is 11.4. The lowest BCUT2D eigenvalue weighted by Gasteiger charge is -2.01. The third-order valence-electron chi connectivity index (χ3n) is 1.51. The monoisotopic (exact) mass is 195 g/mol. The summed E-state index contributed by atoms with van der Waals surface area (Å²) >= 11 is 1.47. The quantitative estimate of drug-likeness (QED) is 0.737. The van der Waals surface area contributed by atoms with Crippen molar-refractivity contribution in [2.24, 2.45) is 0 Å². The highest BCUT2D eigenvalue weighted by Gasteiger charge is 2.06. The van der Waals surface area contributed by atoms with Gasteiger partial charge in [-0.2, -0.15) is 0 Å². The van der Waals surface area contributed by atoms with Crippen LogP contribution >= 0.6 is 11.3 Å². The van der Waals surface area contributed by atoms with Crippen LogP contribution in [-0.4, -0.2) is 12.5 Å². The molecule has 1 aromatic heterocycles. The van der Waals surface area contributed by atoms with E-state index in [2.05, 4.69) is 11.9 Å². The highest BCUT2D eigenvalue weighted by molar-refractivity contribution is 7.12. The maximum Gasteiger partial charge on any atom is 0.261 e. The Morgan fingerprint density at radius 1 is 1.69 bits per heavy atom. The minimum atomic E-state index is -0.0129. The van der Waals surface area contributed by atoms with Gasteiger partial charge in [-0.25, -0.2) is 0 Å². The van der Waals surface area contributed by atoms with Crippen molar-refractivity contribution in [3.8, 4) is 0 Å². The van der Waals surface area contributed by atoms with E-state index in [1.54, 1.807) is 0 Å². The second kappa shape index (κ2) is 4.23. The van der Waals surface area contributed by atoms with Crippen molar-refractivity contribution in [3.63, 3.8) is 0 Å². The molecular formula is C10H13NOS. The maximum absolute atomic E-state index is 11.4. The first-order chi connectivity index (χ1) is 6.09. The lowest BCUT2D eigenvalue weighted by atomic mass is 10.3. The summed E-state index contributed by atoms with van der Waals surface area (Å²) in [6.07, 6.45) is 0. The average molecular weight is 195 g/mol. The summed E-state index contributed by atoms with van der Waals surface area (Å²) in [5, 5.41) is 4.75. The van der Waals surface area contributed by atoms with Gasteiger partial charge in [-0.15, -0.1) is 11.3 Å². The molecule has 0 unspecified atom stereocenters. The predicted octanol–water partition coefficient (Wildman–Crippen LogP) is 2.36. The van der Waals surface area contributed by atoms with Crippen LogP contribution in [-0.2, 0) is 0 Å². The Morgan fingerprint density at radius 3 is 2.85 bits per heavy atom. The molecule has 1 heterocycles. The summed E-state index contributed by atoms with van der Waals surface area (Å²) < 4.78 is 0. The van der Waals surface area contributed by atoms with Crippen LogP contribution in [0.15, 0.2) is 23.6 Å². The van der Waals surface area contributed by atoms with Gasteiger partial charge >= 0.3 is 0 Å². The minimum Gasteiger partial charge on any atom is -0.348 e. The molecule has 1 amide bonds. The zero-order valence-electron chi connectivity index (χ0n) is 7.89. The van der Waals surface area contributed by atoms with Gasteiger partial charge in [-0.1, -0.05) is 12.2 Å². The lowest BCUT2D eigenvalue weighted by Crippen LogP contribution is -2.23. The Morgan fingerprint density at radius 2 is 2.38 bits per heavy atom. The predicted molar refractivity (Wildman–Crippen MR) is 56.2 cm³/mol. The molecule has 1 rings (SSSR count). The van der Waals surface area contributed by atoms with E-state index in [0.717, 1.165) is 16.0 Å². The van der Waals surface area contributed by atoms with E-state index < -0.39 is 0 Å². The molecule has 0 fully saturated rings. The van der Waals surface area contributed by atoms with Gasteiger partial charge in [0.25, 0.3) is 5.91 Å². The normalized spacial score (nSPS) is 9.69. The van der Waals surface area contributed by atoms with Crippen LogP contribution in [0.1, 0.15) is 22.2 Å². The van der Waals surface area contributed by atoms with Gasteiger partial charge in [-0.3, -0.25) is 4.79 Å². The number of carbonyl (C=O) groups excluding carboxylic acids is 1. The molecule has 70 valence electrons. The topological polar surface area (TPSA) is 29.1 Å². The number of amides is 1. The summed E-state index contributed by atoms with van der Waals surface area (Å²) in [4.78, 5) is 12.2. The van der Waals surface area contributed by atoms with E-state index in [9.17, 15) is 4.79 Å². The van der Waals surface area contributed by atoms with Crippen LogP contribution in [0.5, 0.6) is 0 Å². The molecule has 0 saturated heterocycles. The number of hydrogen-bond acceptors (Lipinski definition) is 2. The zero-order valence-corrected chi connectivity index (χ0v) is 8.70. The second-order valence-corrected chi connectivity index (χ2v) is 4.04. The Hall–Kier alpha value is -1.09. The van der Waals surface area contributed by atoms with Crippen LogP contribution in [0.4, 0.5) is 0 Å². The average Bonchev–Trinajstić information content (AvgIpc) is 2.47. The number of thiophene rings is 1. The molecular weight excluding hydrogens is 182 g/mol. The number of hydrogen-bond donors (Lipinski definition) is 1. The number of carbonyl (C=O) groups is 1. The molecule has 0 aliphatic carbocycles. The molecule has 13 heavy (non-hydrogen) atoms. The van der Waals surface area contributed by atoms with E-state index in [1.807, 2.05) is 25.3 Å². The highest BCUT2D eigenvalue weighted by atomic mass is 32.1. The third kappa shape index (κ3) is 3.03. The fourth-order valence-corrected chi connectivity index (χ4v) is 1.68. The van der Waals surface area contributed by atoms with Crippen LogP contribution in [0.25, 0.3) is 0 Å². The van der Waals surface area contributed by atoms with Crippen molar-refractivity contribution in [1.82, 2.24) is 5.32 Å². The van der Waals surface area contributed by atoms with Gasteiger partial charge in [0.05, 0.1) is 4.88 Å². The summed E-state index contributed by atoms with van der Waals surface area (Å²) in [6, 6.07) is 1.89. The SMILES string of the molecule is C=C(C)CNC(=O)c1cc(C)cs1. The molecule has 0 aliphatic rings. The van der Waals surface area contributed by atoms with Gasteiger partial charge in [0.15, 0.2) is 0 Å². The Balaban J connectivity index is 2.54. The standard InChI is InChI=1S/C10H13NOS/c1-7(2)5-11-10(12)9-4-8(3)6-13-9/h4,6H,1,5H2,2-3H3,(H,11,12). The molecule has 0 spiro atoms. The van der Waals surface area contributed by atoms with Gasteiger partial charge in [-0.05, 0) is 30.9 Å². The lowest BCUT2D eigenvalue weighted by molar-refractivity contribution is 0.0961. The molecule has 1 aromatic rings. The van der Waals surface area contributed by atoms with Crippen LogP contribution < -0.4 is 5.32 Å². The first kappa shape index (κ1) is 9.99. The fourth-order valence-electron chi connectivity index (χ4n) is 0.869. The number of nitrogens with one attached hydrogen (secondary N) is 1. The largest absolute Gasteiger partial charge is 0.348 e. The smallest absolute Gasteiger partial charge is 0.261 e. The van der Waals surface area contributed by atoms with Crippen molar-refractivity contribution in [2.45, 2.75) is 13.8 Å². The third-order valence-corrected chi connectivity index (χ3v) is 2.55. The Kier molecular flexibility index (Phi) is 3.25. The highest BCUT2D eigenvalue weighted by Crippen LogP contribution is 2.12. The first-order valence-corrected chi connectivity index (χ1v) is 4.95. The van der Waals surface area contributed by atoms with Crippen molar-refractivity contribution >= 4 is 17.2 Å². The Bertz CT molecular complexity index is 327. The fraction of sp³-hybridized carbons (Fsp3) is 0.300. The van der Waals surface area contributed by atoms with E-state index in [-0.39, 0.29) is 5.91 Å².